The molecule has 0 saturated carbocycles. The van der Waals surface area contributed by atoms with Crippen LogP contribution in [0.2, 0.25) is 0 Å². The first-order valence-corrected chi connectivity index (χ1v) is 5.80. The van der Waals surface area contributed by atoms with Crippen LogP contribution in [0, 0.1) is 6.92 Å². The van der Waals surface area contributed by atoms with Crippen molar-refractivity contribution < 1.29 is 5.11 Å². The smallest absolute Gasteiger partial charge is 0.0798 e. The fourth-order valence-corrected chi connectivity index (χ4v) is 2.15. The molecule has 0 amide bonds. The van der Waals surface area contributed by atoms with Crippen molar-refractivity contribution in [1.29, 1.82) is 0 Å². The fraction of sp³-hybridized carbons (Fsp3) is 0.700. The number of hydrogen-bond acceptors (Lipinski definition) is 4. The summed E-state index contributed by atoms with van der Waals surface area (Å²) >= 11 is 1.71. The normalized spacial score (nSPS) is 11.1. The number of aromatic nitrogens is 1. The van der Waals surface area contributed by atoms with Crippen molar-refractivity contribution in [3.63, 3.8) is 0 Å². The van der Waals surface area contributed by atoms with Crippen molar-refractivity contribution in [2.45, 2.75) is 26.3 Å². The zero-order valence-electron chi connectivity index (χ0n) is 8.86. The van der Waals surface area contributed by atoms with Crippen molar-refractivity contribution in [3.05, 3.63) is 16.1 Å². The van der Waals surface area contributed by atoms with Crippen LogP contribution >= 0.6 is 11.3 Å². The second-order valence-corrected chi connectivity index (χ2v) is 4.47. The zero-order chi connectivity index (χ0) is 10.4. The molecular formula is C10H18N2OS. The van der Waals surface area contributed by atoms with Gasteiger partial charge in [0.1, 0.15) is 0 Å². The summed E-state index contributed by atoms with van der Waals surface area (Å²) in [6, 6.07) is 0. The first-order chi connectivity index (χ1) is 6.74. The van der Waals surface area contributed by atoms with Gasteiger partial charge in [-0.2, -0.15) is 0 Å². The SMILES string of the molecule is Cc1ncsc1CN(C)CCCCO. The first kappa shape index (κ1) is 11.6. The lowest BCUT2D eigenvalue weighted by Gasteiger charge is -2.15. The Morgan fingerprint density at radius 2 is 2.29 bits per heavy atom. The predicted octanol–water partition coefficient (Wildman–Crippen LogP) is 1.66. The van der Waals surface area contributed by atoms with Crippen LogP contribution in [0.1, 0.15) is 23.4 Å². The van der Waals surface area contributed by atoms with Crippen LogP contribution < -0.4 is 0 Å². The van der Waals surface area contributed by atoms with Gasteiger partial charge in [0.05, 0.1) is 11.2 Å². The van der Waals surface area contributed by atoms with Gasteiger partial charge in [-0.1, -0.05) is 0 Å². The van der Waals surface area contributed by atoms with Gasteiger partial charge in [0, 0.05) is 18.0 Å². The van der Waals surface area contributed by atoms with Crippen LogP contribution in [-0.2, 0) is 6.54 Å². The summed E-state index contributed by atoms with van der Waals surface area (Å²) in [6.07, 6.45) is 1.96. The number of aliphatic hydroxyl groups is 1. The summed E-state index contributed by atoms with van der Waals surface area (Å²) in [6.45, 7) is 4.36. The van der Waals surface area contributed by atoms with E-state index in [-0.39, 0.29) is 0 Å². The highest BCUT2D eigenvalue weighted by atomic mass is 32.1. The van der Waals surface area contributed by atoms with Crippen molar-refractivity contribution in [2.75, 3.05) is 20.2 Å². The molecule has 80 valence electrons. The van der Waals surface area contributed by atoms with Gasteiger partial charge in [0.15, 0.2) is 0 Å². The second kappa shape index (κ2) is 6.11. The van der Waals surface area contributed by atoms with Crippen LogP contribution in [0.15, 0.2) is 5.51 Å². The van der Waals surface area contributed by atoms with Gasteiger partial charge < -0.3 is 10.0 Å². The maximum Gasteiger partial charge on any atom is 0.0798 e. The van der Waals surface area contributed by atoms with Crippen LogP contribution in [0.5, 0.6) is 0 Å². The maximum absolute atomic E-state index is 8.65. The molecule has 0 radical (unpaired) electrons. The van der Waals surface area contributed by atoms with E-state index in [4.69, 9.17) is 5.11 Å². The number of hydrogen-bond donors (Lipinski definition) is 1. The summed E-state index contributed by atoms with van der Waals surface area (Å²) in [5.74, 6) is 0. The Kier molecular flexibility index (Phi) is 5.07. The molecular weight excluding hydrogens is 196 g/mol. The van der Waals surface area contributed by atoms with Crippen molar-refractivity contribution in [2.24, 2.45) is 0 Å². The molecule has 0 aliphatic carbocycles. The molecule has 3 nitrogen and oxygen atoms in total. The molecule has 1 heterocycles. The summed E-state index contributed by atoms with van der Waals surface area (Å²) in [5, 5.41) is 8.65. The van der Waals surface area contributed by atoms with Crippen LogP contribution in [0.25, 0.3) is 0 Å². The van der Waals surface area contributed by atoms with Crippen LogP contribution in [-0.4, -0.2) is 35.2 Å². The number of aryl methyl sites for hydroxylation is 1. The van der Waals surface area contributed by atoms with Gasteiger partial charge in [-0.05, 0) is 33.4 Å². The number of rotatable bonds is 6. The molecule has 1 aromatic rings. The minimum Gasteiger partial charge on any atom is -0.396 e. The van der Waals surface area contributed by atoms with E-state index in [9.17, 15) is 0 Å². The Morgan fingerprint density at radius 3 is 2.86 bits per heavy atom. The third-order valence-corrected chi connectivity index (χ3v) is 3.13. The molecule has 1 rings (SSSR count). The largest absolute Gasteiger partial charge is 0.396 e. The lowest BCUT2D eigenvalue weighted by atomic mass is 10.3. The third-order valence-electron chi connectivity index (χ3n) is 2.21. The molecule has 0 spiro atoms. The standard InChI is InChI=1S/C10H18N2OS/c1-9-10(14-8-11-9)7-12(2)5-3-4-6-13/h8,13H,3-7H2,1-2H3. The van der Waals surface area contributed by atoms with E-state index in [0.29, 0.717) is 6.61 Å². The fourth-order valence-electron chi connectivity index (χ4n) is 1.30. The molecule has 0 unspecified atom stereocenters. The molecule has 1 aromatic heterocycles. The molecule has 0 aliphatic heterocycles. The molecule has 0 aromatic carbocycles. The summed E-state index contributed by atoms with van der Waals surface area (Å²) in [5.41, 5.74) is 3.04. The average Bonchev–Trinajstić information content (AvgIpc) is 2.52. The minimum atomic E-state index is 0.299. The highest BCUT2D eigenvalue weighted by Crippen LogP contribution is 2.14. The minimum absolute atomic E-state index is 0.299. The van der Waals surface area contributed by atoms with Gasteiger partial charge >= 0.3 is 0 Å². The zero-order valence-corrected chi connectivity index (χ0v) is 9.68. The lowest BCUT2D eigenvalue weighted by Crippen LogP contribution is -2.19. The molecule has 0 aliphatic rings. The van der Waals surface area contributed by atoms with E-state index in [1.807, 2.05) is 12.4 Å². The third kappa shape index (κ3) is 3.74. The van der Waals surface area contributed by atoms with Crippen LogP contribution in [0.3, 0.4) is 0 Å². The van der Waals surface area contributed by atoms with Gasteiger partial charge in [0.2, 0.25) is 0 Å². The van der Waals surface area contributed by atoms with Crippen molar-refractivity contribution >= 4 is 11.3 Å². The van der Waals surface area contributed by atoms with E-state index in [2.05, 4.69) is 16.9 Å². The van der Waals surface area contributed by atoms with Crippen LogP contribution in [0.4, 0.5) is 0 Å². The number of aliphatic hydroxyl groups excluding tert-OH is 1. The Hall–Kier alpha value is -0.450. The van der Waals surface area contributed by atoms with Gasteiger partial charge in [-0.3, -0.25) is 0 Å². The highest BCUT2D eigenvalue weighted by Gasteiger charge is 2.04. The molecule has 0 bridgehead atoms. The van der Waals surface area contributed by atoms with E-state index in [1.54, 1.807) is 11.3 Å². The summed E-state index contributed by atoms with van der Waals surface area (Å²) in [7, 11) is 2.11. The second-order valence-electron chi connectivity index (χ2n) is 3.53. The van der Waals surface area contributed by atoms with E-state index in [1.165, 1.54) is 4.88 Å². The first-order valence-electron chi connectivity index (χ1n) is 4.92. The Labute approximate surface area is 89.4 Å². The van der Waals surface area contributed by atoms with Gasteiger partial charge in [-0.15, -0.1) is 11.3 Å². The van der Waals surface area contributed by atoms with E-state index in [0.717, 1.165) is 31.6 Å². The predicted molar refractivity (Wildman–Crippen MR) is 59.5 cm³/mol. The molecule has 0 fully saturated rings. The highest BCUT2D eigenvalue weighted by molar-refractivity contribution is 7.09. The Morgan fingerprint density at radius 1 is 1.50 bits per heavy atom. The number of thiazole rings is 1. The molecule has 1 N–H and O–H groups in total. The van der Waals surface area contributed by atoms with Crippen molar-refractivity contribution in [3.8, 4) is 0 Å². The monoisotopic (exact) mass is 214 g/mol. The van der Waals surface area contributed by atoms with Crippen molar-refractivity contribution in [1.82, 2.24) is 9.88 Å². The van der Waals surface area contributed by atoms with Gasteiger partial charge in [-0.25, -0.2) is 4.98 Å². The van der Waals surface area contributed by atoms with Gasteiger partial charge in [0.25, 0.3) is 0 Å². The molecule has 14 heavy (non-hydrogen) atoms. The quantitative estimate of drug-likeness (QED) is 0.732. The maximum atomic E-state index is 8.65. The Bertz CT molecular complexity index is 262. The van der Waals surface area contributed by atoms with E-state index >= 15 is 0 Å². The molecule has 0 saturated heterocycles. The summed E-state index contributed by atoms with van der Waals surface area (Å²) < 4.78 is 0. The Balaban J connectivity index is 2.27. The molecule has 4 heteroatoms. The average molecular weight is 214 g/mol. The summed E-state index contributed by atoms with van der Waals surface area (Å²) in [4.78, 5) is 7.84. The topological polar surface area (TPSA) is 36.4 Å². The molecule has 0 atom stereocenters. The number of nitrogens with zero attached hydrogens (tertiary/aromatic N) is 2. The van der Waals surface area contributed by atoms with E-state index < -0.39 is 0 Å². The number of unbranched alkanes of at least 4 members (excludes halogenated alkanes) is 1. The lowest BCUT2D eigenvalue weighted by molar-refractivity contribution is 0.261.